The highest BCUT2D eigenvalue weighted by Crippen LogP contribution is 2.32. The monoisotopic (exact) mass is 413 g/mol. The molecule has 2 aromatic carbocycles. The molecular formula is C22H23NO7. The molecule has 0 unspecified atom stereocenters. The molecule has 30 heavy (non-hydrogen) atoms. The van der Waals surface area contributed by atoms with Gasteiger partial charge in [0.05, 0.1) is 11.7 Å². The van der Waals surface area contributed by atoms with Crippen molar-refractivity contribution < 1.29 is 33.3 Å². The SMILES string of the molecule is O=C(COC(=O)c1ccc(OC[C@H]2CCCO2)cc1)Nc1ccc2c(c1)OCCO2. The van der Waals surface area contributed by atoms with Gasteiger partial charge >= 0.3 is 5.97 Å². The van der Waals surface area contributed by atoms with Crippen LogP contribution in [0.25, 0.3) is 0 Å². The van der Waals surface area contributed by atoms with Crippen LogP contribution in [-0.4, -0.2) is 51.0 Å². The van der Waals surface area contributed by atoms with Crippen molar-refractivity contribution in [2.45, 2.75) is 18.9 Å². The fraction of sp³-hybridized carbons (Fsp3) is 0.364. The van der Waals surface area contributed by atoms with Crippen LogP contribution in [0.5, 0.6) is 17.2 Å². The van der Waals surface area contributed by atoms with E-state index in [-0.39, 0.29) is 6.10 Å². The van der Waals surface area contributed by atoms with E-state index in [1.165, 1.54) is 0 Å². The first kappa shape index (κ1) is 20.0. The number of hydrogen-bond acceptors (Lipinski definition) is 7. The van der Waals surface area contributed by atoms with Crippen LogP contribution in [0, 0.1) is 0 Å². The topological polar surface area (TPSA) is 92.3 Å². The van der Waals surface area contributed by atoms with Crippen molar-refractivity contribution in [3.05, 3.63) is 48.0 Å². The molecule has 158 valence electrons. The van der Waals surface area contributed by atoms with Gasteiger partial charge in [0, 0.05) is 18.4 Å². The zero-order chi connectivity index (χ0) is 20.8. The molecule has 0 bridgehead atoms. The first-order chi connectivity index (χ1) is 14.7. The number of hydrogen-bond donors (Lipinski definition) is 1. The first-order valence-electron chi connectivity index (χ1n) is 9.88. The predicted molar refractivity (Wildman–Crippen MR) is 107 cm³/mol. The molecule has 1 N–H and O–H groups in total. The van der Waals surface area contributed by atoms with E-state index in [0.29, 0.717) is 48.3 Å². The van der Waals surface area contributed by atoms with Crippen LogP contribution in [0.4, 0.5) is 5.69 Å². The van der Waals surface area contributed by atoms with Gasteiger partial charge in [-0.25, -0.2) is 4.79 Å². The molecule has 2 aliphatic heterocycles. The minimum absolute atomic E-state index is 0.127. The highest BCUT2D eigenvalue weighted by atomic mass is 16.6. The van der Waals surface area contributed by atoms with Gasteiger partial charge in [-0.2, -0.15) is 0 Å². The van der Waals surface area contributed by atoms with E-state index in [2.05, 4.69) is 5.32 Å². The molecule has 0 radical (unpaired) electrons. The number of esters is 1. The van der Waals surface area contributed by atoms with E-state index in [9.17, 15) is 9.59 Å². The Bertz CT molecular complexity index is 891. The standard InChI is InChI=1S/C22H23NO7/c24-21(23-16-5-8-19-20(12-16)28-11-10-27-19)14-30-22(25)15-3-6-17(7-4-15)29-13-18-2-1-9-26-18/h3-8,12,18H,1-2,9-11,13-14H2,(H,23,24)/t18-/m1/s1. The lowest BCUT2D eigenvalue weighted by atomic mass is 10.2. The van der Waals surface area contributed by atoms with Crippen molar-refractivity contribution in [1.29, 1.82) is 0 Å². The van der Waals surface area contributed by atoms with Gasteiger partial charge in [0.15, 0.2) is 18.1 Å². The van der Waals surface area contributed by atoms with Crippen LogP contribution < -0.4 is 19.5 Å². The number of rotatable bonds is 7. The minimum atomic E-state index is -0.585. The molecule has 0 spiro atoms. The number of ether oxygens (including phenoxy) is 5. The second-order valence-electron chi connectivity index (χ2n) is 6.95. The molecule has 2 aromatic rings. The second-order valence-corrected chi connectivity index (χ2v) is 6.95. The fourth-order valence-electron chi connectivity index (χ4n) is 3.18. The van der Waals surface area contributed by atoms with E-state index in [4.69, 9.17) is 23.7 Å². The van der Waals surface area contributed by atoms with E-state index in [1.54, 1.807) is 42.5 Å². The molecule has 8 nitrogen and oxygen atoms in total. The minimum Gasteiger partial charge on any atom is -0.491 e. The molecule has 1 amide bonds. The molecule has 2 heterocycles. The third kappa shape index (κ3) is 5.21. The Morgan fingerprint density at radius 3 is 2.57 bits per heavy atom. The van der Waals surface area contributed by atoms with Crippen LogP contribution >= 0.6 is 0 Å². The van der Waals surface area contributed by atoms with Gasteiger partial charge in [0.1, 0.15) is 25.6 Å². The number of anilines is 1. The molecule has 1 fully saturated rings. The summed E-state index contributed by atoms with van der Waals surface area (Å²) in [7, 11) is 0. The summed E-state index contributed by atoms with van der Waals surface area (Å²) in [6, 6.07) is 11.7. The summed E-state index contributed by atoms with van der Waals surface area (Å²) in [5.74, 6) is 0.819. The van der Waals surface area contributed by atoms with Crippen LogP contribution in [0.1, 0.15) is 23.2 Å². The zero-order valence-corrected chi connectivity index (χ0v) is 16.4. The van der Waals surface area contributed by atoms with Crippen LogP contribution in [0.15, 0.2) is 42.5 Å². The molecule has 0 aliphatic carbocycles. The average Bonchev–Trinajstić information content (AvgIpc) is 3.30. The summed E-state index contributed by atoms with van der Waals surface area (Å²) in [6.07, 6.45) is 2.18. The third-order valence-corrected chi connectivity index (χ3v) is 4.71. The highest BCUT2D eigenvalue weighted by molar-refractivity contribution is 5.95. The number of amides is 1. The third-order valence-electron chi connectivity index (χ3n) is 4.71. The lowest BCUT2D eigenvalue weighted by Gasteiger charge is -2.19. The molecule has 4 rings (SSSR count). The maximum Gasteiger partial charge on any atom is 0.338 e. The Labute approximate surface area is 174 Å². The van der Waals surface area contributed by atoms with Crippen molar-refractivity contribution >= 4 is 17.6 Å². The number of carbonyl (C=O) groups excluding carboxylic acids is 2. The Morgan fingerprint density at radius 1 is 1.00 bits per heavy atom. The summed E-state index contributed by atoms with van der Waals surface area (Å²) in [6.45, 7) is 1.83. The molecule has 1 atom stereocenters. The van der Waals surface area contributed by atoms with Crippen molar-refractivity contribution in [2.24, 2.45) is 0 Å². The number of benzene rings is 2. The zero-order valence-electron chi connectivity index (χ0n) is 16.4. The summed E-state index contributed by atoms with van der Waals surface area (Å²) < 4.78 is 27.2. The van der Waals surface area contributed by atoms with E-state index < -0.39 is 18.5 Å². The lowest BCUT2D eigenvalue weighted by molar-refractivity contribution is -0.119. The van der Waals surface area contributed by atoms with Gasteiger partial charge in [0.2, 0.25) is 0 Å². The summed E-state index contributed by atoms with van der Waals surface area (Å²) in [4.78, 5) is 24.3. The maximum atomic E-state index is 12.2. The molecule has 0 saturated carbocycles. The van der Waals surface area contributed by atoms with Crippen molar-refractivity contribution in [1.82, 2.24) is 0 Å². The number of nitrogens with one attached hydrogen (secondary N) is 1. The Hall–Kier alpha value is -3.26. The molecule has 8 heteroatoms. The highest BCUT2D eigenvalue weighted by Gasteiger charge is 2.17. The largest absolute Gasteiger partial charge is 0.491 e. The molecule has 0 aromatic heterocycles. The smallest absolute Gasteiger partial charge is 0.338 e. The van der Waals surface area contributed by atoms with E-state index in [0.717, 1.165) is 19.4 Å². The van der Waals surface area contributed by atoms with Crippen molar-refractivity contribution in [2.75, 3.05) is 38.4 Å². The molecule has 2 aliphatic rings. The lowest BCUT2D eigenvalue weighted by Crippen LogP contribution is -2.21. The molecular weight excluding hydrogens is 390 g/mol. The van der Waals surface area contributed by atoms with Gasteiger partial charge in [-0.05, 0) is 49.2 Å². The summed E-state index contributed by atoms with van der Waals surface area (Å²) in [5, 5.41) is 2.67. The number of fused-ring (bicyclic) bond motifs is 1. The predicted octanol–water partition coefficient (Wildman–Crippen LogP) is 2.81. The van der Waals surface area contributed by atoms with Crippen LogP contribution in [0.2, 0.25) is 0 Å². The van der Waals surface area contributed by atoms with Crippen LogP contribution in [0.3, 0.4) is 0 Å². The van der Waals surface area contributed by atoms with Gasteiger partial charge in [-0.15, -0.1) is 0 Å². The van der Waals surface area contributed by atoms with Gasteiger partial charge in [-0.3, -0.25) is 4.79 Å². The summed E-state index contributed by atoms with van der Waals surface area (Å²) >= 11 is 0. The summed E-state index contributed by atoms with van der Waals surface area (Å²) in [5.41, 5.74) is 0.875. The number of carbonyl (C=O) groups is 2. The van der Waals surface area contributed by atoms with E-state index >= 15 is 0 Å². The van der Waals surface area contributed by atoms with Crippen molar-refractivity contribution in [3.63, 3.8) is 0 Å². The Kier molecular flexibility index (Phi) is 6.34. The quantitative estimate of drug-likeness (QED) is 0.698. The van der Waals surface area contributed by atoms with Gasteiger partial charge < -0.3 is 29.0 Å². The van der Waals surface area contributed by atoms with Gasteiger partial charge in [0.25, 0.3) is 5.91 Å². The molecule has 1 saturated heterocycles. The average molecular weight is 413 g/mol. The van der Waals surface area contributed by atoms with Gasteiger partial charge in [-0.1, -0.05) is 0 Å². The Balaban J connectivity index is 1.23. The Morgan fingerprint density at radius 2 is 1.80 bits per heavy atom. The van der Waals surface area contributed by atoms with E-state index in [1.807, 2.05) is 0 Å². The normalized spacial score (nSPS) is 17.3. The maximum absolute atomic E-state index is 12.2. The fourth-order valence-corrected chi connectivity index (χ4v) is 3.18. The van der Waals surface area contributed by atoms with Crippen molar-refractivity contribution in [3.8, 4) is 17.2 Å². The van der Waals surface area contributed by atoms with Crippen LogP contribution in [-0.2, 0) is 14.3 Å². The first-order valence-corrected chi connectivity index (χ1v) is 9.88. The second kappa shape index (κ2) is 9.49.